The molecule has 2 aromatic rings. The average Bonchev–Trinajstić information content (AvgIpc) is 2.60. The highest BCUT2D eigenvalue weighted by molar-refractivity contribution is 5.79. The zero-order valence-electron chi connectivity index (χ0n) is 14.0. The molecule has 1 aromatic heterocycles. The molecule has 1 aromatic carbocycles. The van der Waals surface area contributed by atoms with Gasteiger partial charge in [-0.05, 0) is 30.7 Å². The van der Waals surface area contributed by atoms with Gasteiger partial charge in [-0.2, -0.15) is 5.26 Å². The number of ether oxygens (including phenoxy) is 2. The highest BCUT2D eigenvalue weighted by atomic mass is 16.5. The predicted octanol–water partition coefficient (Wildman–Crippen LogP) is 2.18. The molecule has 1 saturated heterocycles. The van der Waals surface area contributed by atoms with Crippen LogP contribution in [0.25, 0.3) is 0 Å². The Balaban J connectivity index is 1.45. The Morgan fingerprint density at radius 2 is 2.04 bits per heavy atom. The lowest BCUT2D eigenvalue weighted by molar-refractivity contribution is -0.139. The number of likely N-dealkylation sites (tertiary alicyclic amines) is 1. The predicted molar refractivity (Wildman–Crippen MR) is 91.3 cm³/mol. The molecule has 1 amide bonds. The SMILES string of the molecule is CCOc1ccc(CC(=O)N2CC(Oc3ccc(C#N)cn3)C2)cc1. The second kappa shape index (κ2) is 7.67. The molecule has 0 saturated carbocycles. The highest BCUT2D eigenvalue weighted by Gasteiger charge is 2.32. The van der Waals surface area contributed by atoms with Crippen molar-refractivity contribution in [2.45, 2.75) is 19.4 Å². The minimum atomic E-state index is -0.0512. The summed E-state index contributed by atoms with van der Waals surface area (Å²) >= 11 is 0. The summed E-state index contributed by atoms with van der Waals surface area (Å²) in [5, 5.41) is 8.74. The van der Waals surface area contributed by atoms with Gasteiger partial charge >= 0.3 is 0 Å². The van der Waals surface area contributed by atoms with Crippen LogP contribution in [-0.2, 0) is 11.2 Å². The van der Waals surface area contributed by atoms with E-state index in [4.69, 9.17) is 14.7 Å². The average molecular weight is 337 g/mol. The lowest BCUT2D eigenvalue weighted by Crippen LogP contribution is -2.56. The van der Waals surface area contributed by atoms with Gasteiger partial charge in [0, 0.05) is 12.3 Å². The van der Waals surface area contributed by atoms with E-state index in [1.54, 1.807) is 17.0 Å². The van der Waals surface area contributed by atoms with Crippen LogP contribution in [0.3, 0.4) is 0 Å². The molecule has 0 aliphatic carbocycles. The fraction of sp³-hybridized carbons (Fsp3) is 0.316. The van der Waals surface area contributed by atoms with E-state index < -0.39 is 0 Å². The van der Waals surface area contributed by atoms with Crippen molar-refractivity contribution in [1.29, 1.82) is 5.26 Å². The van der Waals surface area contributed by atoms with Crippen molar-refractivity contribution in [2.75, 3.05) is 19.7 Å². The first kappa shape index (κ1) is 16.8. The monoisotopic (exact) mass is 337 g/mol. The third-order valence-electron chi connectivity index (χ3n) is 3.94. The highest BCUT2D eigenvalue weighted by Crippen LogP contribution is 2.18. The van der Waals surface area contributed by atoms with Crippen molar-refractivity contribution in [3.63, 3.8) is 0 Å². The summed E-state index contributed by atoms with van der Waals surface area (Å²) in [6.07, 6.45) is 1.79. The van der Waals surface area contributed by atoms with Gasteiger partial charge in [0.1, 0.15) is 17.9 Å². The van der Waals surface area contributed by atoms with Crippen molar-refractivity contribution in [1.82, 2.24) is 9.88 Å². The maximum absolute atomic E-state index is 12.3. The van der Waals surface area contributed by atoms with Gasteiger partial charge in [0.25, 0.3) is 0 Å². The molecule has 2 heterocycles. The molecule has 0 spiro atoms. The molecular weight excluding hydrogens is 318 g/mol. The first-order chi connectivity index (χ1) is 12.2. The zero-order chi connectivity index (χ0) is 17.6. The Morgan fingerprint density at radius 1 is 1.28 bits per heavy atom. The Morgan fingerprint density at radius 3 is 2.64 bits per heavy atom. The van der Waals surface area contributed by atoms with Crippen molar-refractivity contribution in [2.24, 2.45) is 0 Å². The summed E-state index contributed by atoms with van der Waals surface area (Å²) in [6, 6.07) is 12.9. The van der Waals surface area contributed by atoms with Gasteiger partial charge in [-0.3, -0.25) is 4.79 Å². The molecule has 6 heteroatoms. The van der Waals surface area contributed by atoms with Gasteiger partial charge in [0.15, 0.2) is 0 Å². The first-order valence-electron chi connectivity index (χ1n) is 8.20. The molecule has 0 atom stereocenters. The van der Waals surface area contributed by atoms with Crippen molar-refractivity contribution in [3.05, 3.63) is 53.7 Å². The zero-order valence-corrected chi connectivity index (χ0v) is 14.0. The van der Waals surface area contributed by atoms with Crippen LogP contribution in [0.15, 0.2) is 42.6 Å². The third-order valence-corrected chi connectivity index (χ3v) is 3.94. The van der Waals surface area contributed by atoms with Crippen LogP contribution in [0.1, 0.15) is 18.1 Å². The van der Waals surface area contributed by atoms with E-state index in [1.807, 2.05) is 37.3 Å². The molecule has 1 fully saturated rings. The van der Waals surface area contributed by atoms with Gasteiger partial charge < -0.3 is 14.4 Å². The van der Waals surface area contributed by atoms with Gasteiger partial charge in [0.2, 0.25) is 11.8 Å². The summed E-state index contributed by atoms with van der Waals surface area (Å²) in [5.74, 6) is 1.37. The Bertz CT molecular complexity index is 760. The number of benzene rings is 1. The number of pyridine rings is 1. The summed E-state index contributed by atoms with van der Waals surface area (Å²) in [4.78, 5) is 18.1. The summed E-state index contributed by atoms with van der Waals surface area (Å²) in [5.41, 5.74) is 1.46. The van der Waals surface area contributed by atoms with Crippen LogP contribution >= 0.6 is 0 Å². The molecule has 0 bridgehead atoms. The van der Waals surface area contributed by atoms with Crippen molar-refractivity contribution >= 4 is 5.91 Å². The molecule has 0 unspecified atom stereocenters. The summed E-state index contributed by atoms with van der Waals surface area (Å²) in [7, 11) is 0. The van der Waals surface area contributed by atoms with E-state index in [1.165, 1.54) is 6.20 Å². The second-order valence-electron chi connectivity index (χ2n) is 5.79. The van der Waals surface area contributed by atoms with Crippen LogP contribution in [0.5, 0.6) is 11.6 Å². The number of hydrogen-bond donors (Lipinski definition) is 0. The second-order valence-corrected chi connectivity index (χ2v) is 5.79. The number of hydrogen-bond acceptors (Lipinski definition) is 5. The molecule has 6 nitrogen and oxygen atoms in total. The van der Waals surface area contributed by atoms with Crippen LogP contribution < -0.4 is 9.47 Å². The van der Waals surface area contributed by atoms with Crippen LogP contribution in [0, 0.1) is 11.3 Å². The lowest BCUT2D eigenvalue weighted by Gasteiger charge is -2.38. The molecule has 1 aliphatic heterocycles. The van der Waals surface area contributed by atoms with E-state index in [2.05, 4.69) is 4.98 Å². The lowest BCUT2D eigenvalue weighted by atomic mass is 10.1. The molecule has 25 heavy (non-hydrogen) atoms. The number of carbonyl (C=O) groups excluding carboxylic acids is 1. The first-order valence-corrected chi connectivity index (χ1v) is 8.20. The van der Waals surface area contributed by atoms with E-state index in [0.717, 1.165) is 11.3 Å². The molecule has 128 valence electrons. The quantitative estimate of drug-likeness (QED) is 0.807. The van der Waals surface area contributed by atoms with Crippen molar-refractivity contribution in [3.8, 4) is 17.7 Å². The fourth-order valence-corrected chi connectivity index (χ4v) is 2.56. The topological polar surface area (TPSA) is 75.4 Å². The molecule has 0 N–H and O–H groups in total. The van der Waals surface area contributed by atoms with Crippen LogP contribution in [0.2, 0.25) is 0 Å². The fourth-order valence-electron chi connectivity index (χ4n) is 2.56. The molecular formula is C19H19N3O3. The Hall–Kier alpha value is -3.07. The number of nitrogens with zero attached hydrogens (tertiary/aromatic N) is 3. The van der Waals surface area contributed by atoms with E-state index in [0.29, 0.717) is 37.6 Å². The summed E-state index contributed by atoms with van der Waals surface area (Å²) < 4.78 is 11.1. The van der Waals surface area contributed by atoms with Gasteiger partial charge in [0.05, 0.1) is 31.7 Å². The minimum absolute atomic E-state index is 0.0512. The Kier molecular flexibility index (Phi) is 5.14. The minimum Gasteiger partial charge on any atom is -0.494 e. The maximum atomic E-state index is 12.3. The van der Waals surface area contributed by atoms with E-state index in [-0.39, 0.29) is 12.0 Å². The standard InChI is InChI=1S/C19H19N3O3/c1-2-24-16-6-3-14(4-7-16)9-19(23)22-12-17(13-22)25-18-8-5-15(10-20)11-21-18/h3-8,11,17H,2,9,12-13H2,1H3. The molecule has 0 radical (unpaired) electrons. The largest absolute Gasteiger partial charge is 0.494 e. The van der Waals surface area contributed by atoms with Gasteiger partial charge in [-0.1, -0.05) is 12.1 Å². The molecule has 1 aliphatic rings. The van der Waals surface area contributed by atoms with Crippen LogP contribution in [0.4, 0.5) is 0 Å². The number of amides is 1. The molecule has 3 rings (SSSR count). The van der Waals surface area contributed by atoms with Crippen molar-refractivity contribution < 1.29 is 14.3 Å². The number of nitriles is 1. The summed E-state index contributed by atoms with van der Waals surface area (Å²) in [6.45, 7) is 3.67. The maximum Gasteiger partial charge on any atom is 0.227 e. The normalized spacial score (nSPS) is 13.7. The number of rotatable bonds is 6. The van der Waals surface area contributed by atoms with Gasteiger partial charge in [-0.15, -0.1) is 0 Å². The number of aromatic nitrogens is 1. The number of carbonyl (C=O) groups is 1. The third kappa shape index (κ3) is 4.27. The van der Waals surface area contributed by atoms with E-state index >= 15 is 0 Å². The smallest absolute Gasteiger partial charge is 0.227 e. The van der Waals surface area contributed by atoms with Crippen LogP contribution in [-0.4, -0.2) is 41.6 Å². The Labute approximate surface area is 146 Å². The van der Waals surface area contributed by atoms with Gasteiger partial charge in [-0.25, -0.2) is 4.98 Å². The van der Waals surface area contributed by atoms with E-state index in [9.17, 15) is 4.79 Å².